The van der Waals surface area contributed by atoms with Gasteiger partial charge in [0, 0.05) is 17.6 Å². The zero-order valence-electron chi connectivity index (χ0n) is 18.9. The predicted octanol–water partition coefficient (Wildman–Crippen LogP) is 5.00. The van der Waals surface area contributed by atoms with Gasteiger partial charge in [0.1, 0.15) is 11.3 Å². The third-order valence-corrected chi connectivity index (χ3v) is 7.66. The highest BCUT2D eigenvalue weighted by Crippen LogP contribution is 2.44. The number of benzene rings is 1. The molecule has 0 radical (unpaired) electrons. The molecular weight excluding hydrogens is 532 g/mol. The quantitative estimate of drug-likeness (QED) is 0.166. The van der Waals surface area contributed by atoms with Crippen LogP contribution in [0.4, 0.5) is 5.13 Å². The van der Waals surface area contributed by atoms with Gasteiger partial charge in [-0.2, -0.15) is 0 Å². The number of nitrogens with zero attached hydrogens (tertiary/aromatic N) is 4. The number of imidazole rings is 1. The molecule has 176 valence electrons. The van der Waals surface area contributed by atoms with Gasteiger partial charge < -0.3 is 5.11 Å². The fourth-order valence-electron chi connectivity index (χ4n) is 4.33. The van der Waals surface area contributed by atoms with Crippen LogP contribution < -0.4 is 4.90 Å². The smallest absolute Gasteiger partial charge is 0.301 e. The Hall–Kier alpha value is -3.63. The average molecular weight is 551 g/mol. The number of hydrogen-bond acceptors (Lipinski definition) is 7. The lowest BCUT2D eigenvalue weighted by atomic mass is 9.96. The molecule has 5 rings (SSSR count). The average Bonchev–Trinajstić information content (AvgIpc) is 3.45. The summed E-state index contributed by atoms with van der Waals surface area (Å²) in [6, 6.07) is 11.6. The maximum atomic E-state index is 13.4. The van der Waals surface area contributed by atoms with Gasteiger partial charge in [0.25, 0.3) is 5.78 Å². The van der Waals surface area contributed by atoms with Crippen LogP contribution in [0.2, 0.25) is 0 Å². The van der Waals surface area contributed by atoms with Gasteiger partial charge in [-0.05, 0) is 43.7 Å². The number of aliphatic hydroxyl groups excluding tert-OH is 1. The molecule has 0 bridgehead atoms. The Morgan fingerprint density at radius 1 is 1.06 bits per heavy atom. The second-order valence-corrected chi connectivity index (χ2v) is 10.1. The van der Waals surface area contributed by atoms with E-state index >= 15 is 0 Å². The molecule has 1 aromatic carbocycles. The third-order valence-electron chi connectivity index (χ3n) is 5.87. The van der Waals surface area contributed by atoms with Gasteiger partial charge in [-0.3, -0.25) is 23.7 Å². The standard InChI is InChI=1S/C25H19BrN4O4S/c1-12-19(29-11-5-4-6-17(29)27-12)21(32)18-20(15-7-9-16(26)10-8-15)30(24(34)22(18)33)25-28-13(2)23(35-25)14(3)31/h4-11,20,32H,1-3H3. The molecule has 1 saturated heterocycles. The van der Waals surface area contributed by atoms with Crippen LogP contribution in [0.1, 0.15) is 45.3 Å². The number of thiazole rings is 1. The first-order valence-corrected chi connectivity index (χ1v) is 12.3. The minimum absolute atomic E-state index is 0.0664. The van der Waals surface area contributed by atoms with Crippen molar-refractivity contribution in [3.05, 3.63) is 86.2 Å². The predicted molar refractivity (Wildman–Crippen MR) is 136 cm³/mol. The van der Waals surface area contributed by atoms with E-state index in [0.29, 0.717) is 33.2 Å². The second kappa shape index (κ2) is 8.54. The molecule has 1 aliphatic heterocycles. The lowest BCUT2D eigenvalue weighted by Crippen LogP contribution is -2.29. The van der Waals surface area contributed by atoms with Crippen LogP contribution in [0.3, 0.4) is 0 Å². The third kappa shape index (κ3) is 3.69. The largest absolute Gasteiger partial charge is 0.505 e. The summed E-state index contributed by atoms with van der Waals surface area (Å²) in [5.41, 5.74) is 2.47. The molecule has 3 aromatic heterocycles. The van der Waals surface area contributed by atoms with Crippen LogP contribution >= 0.6 is 27.3 Å². The minimum atomic E-state index is -0.942. The summed E-state index contributed by atoms with van der Waals surface area (Å²) < 4.78 is 2.50. The Bertz CT molecular complexity index is 1570. The highest BCUT2D eigenvalue weighted by molar-refractivity contribution is 9.10. The molecule has 1 N–H and O–H groups in total. The minimum Gasteiger partial charge on any atom is -0.505 e. The first-order chi connectivity index (χ1) is 16.7. The maximum absolute atomic E-state index is 13.4. The molecule has 4 heterocycles. The first kappa shape index (κ1) is 23.1. The number of aryl methyl sites for hydroxylation is 2. The van der Waals surface area contributed by atoms with E-state index in [1.54, 1.807) is 60.8 Å². The summed E-state index contributed by atoms with van der Waals surface area (Å²) in [6.45, 7) is 4.85. The fourth-order valence-corrected chi connectivity index (χ4v) is 5.58. The monoisotopic (exact) mass is 550 g/mol. The van der Waals surface area contributed by atoms with E-state index in [-0.39, 0.29) is 22.2 Å². The van der Waals surface area contributed by atoms with Gasteiger partial charge in [0.2, 0.25) is 0 Å². The molecule has 10 heteroatoms. The summed E-state index contributed by atoms with van der Waals surface area (Å²) in [5.74, 6) is -2.16. The molecule has 1 amide bonds. The molecule has 0 saturated carbocycles. The van der Waals surface area contributed by atoms with Crippen molar-refractivity contribution in [1.82, 2.24) is 14.4 Å². The molecule has 1 atom stereocenters. The van der Waals surface area contributed by atoms with Gasteiger partial charge in [0.15, 0.2) is 16.7 Å². The SMILES string of the molecule is CC(=O)c1sc(N2C(=O)C(=O)C(=C(O)c3c(C)nc4ccccn34)C2c2ccc(Br)cc2)nc1C. The van der Waals surface area contributed by atoms with Crippen LogP contribution in [0.5, 0.6) is 0 Å². The Labute approximate surface area is 212 Å². The van der Waals surface area contributed by atoms with E-state index in [0.717, 1.165) is 15.8 Å². The number of aromatic nitrogens is 3. The lowest BCUT2D eigenvalue weighted by Gasteiger charge is -2.23. The van der Waals surface area contributed by atoms with E-state index in [4.69, 9.17) is 0 Å². The molecule has 4 aromatic rings. The van der Waals surface area contributed by atoms with E-state index in [2.05, 4.69) is 25.9 Å². The van der Waals surface area contributed by atoms with Gasteiger partial charge in [-0.1, -0.05) is 45.5 Å². The van der Waals surface area contributed by atoms with Crippen LogP contribution in [0, 0.1) is 13.8 Å². The number of fused-ring (bicyclic) bond motifs is 1. The molecule has 1 aliphatic rings. The molecule has 0 spiro atoms. The Morgan fingerprint density at radius 3 is 2.43 bits per heavy atom. The summed E-state index contributed by atoms with van der Waals surface area (Å²) in [7, 11) is 0. The summed E-state index contributed by atoms with van der Waals surface area (Å²) in [6.07, 6.45) is 1.73. The summed E-state index contributed by atoms with van der Waals surface area (Å²) >= 11 is 4.46. The lowest BCUT2D eigenvalue weighted by molar-refractivity contribution is -0.132. The van der Waals surface area contributed by atoms with Crippen molar-refractivity contribution < 1.29 is 19.5 Å². The Kier molecular flexibility index (Phi) is 5.65. The van der Waals surface area contributed by atoms with Crippen LogP contribution in [-0.4, -0.2) is 36.9 Å². The number of hydrogen-bond donors (Lipinski definition) is 1. The van der Waals surface area contributed by atoms with Crippen molar-refractivity contribution in [3.8, 4) is 0 Å². The van der Waals surface area contributed by atoms with E-state index in [1.807, 2.05) is 6.07 Å². The number of aliphatic hydroxyl groups is 1. The molecule has 8 nitrogen and oxygen atoms in total. The van der Waals surface area contributed by atoms with E-state index in [1.165, 1.54) is 11.8 Å². The Balaban J connectivity index is 1.78. The van der Waals surface area contributed by atoms with Crippen LogP contribution in [-0.2, 0) is 9.59 Å². The second-order valence-electron chi connectivity index (χ2n) is 8.16. The number of rotatable bonds is 4. The molecule has 1 unspecified atom stereocenters. The van der Waals surface area contributed by atoms with Crippen molar-refractivity contribution in [2.45, 2.75) is 26.8 Å². The number of amides is 1. The maximum Gasteiger partial charge on any atom is 0.301 e. The van der Waals surface area contributed by atoms with Crippen molar-refractivity contribution in [2.24, 2.45) is 0 Å². The molecule has 35 heavy (non-hydrogen) atoms. The number of pyridine rings is 1. The number of halogens is 1. The van der Waals surface area contributed by atoms with Gasteiger partial charge >= 0.3 is 5.91 Å². The number of carbonyl (C=O) groups excluding carboxylic acids is 3. The zero-order valence-corrected chi connectivity index (χ0v) is 21.3. The van der Waals surface area contributed by atoms with Crippen molar-refractivity contribution in [2.75, 3.05) is 4.90 Å². The fraction of sp³-hybridized carbons (Fsp3) is 0.160. The topological polar surface area (TPSA) is 105 Å². The number of anilines is 1. The van der Waals surface area contributed by atoms with Gasteiger partial charge in [-0.15, -0.1) is 0 Å². The molecular formula is C25H19BrN4O4S. The van der Waals surface area contributed by atoms with E-state index in [9.17, 15) is 19.5 Å². The van der Waals surface area contributed by atoms with Crippen LogP contribution in [0.25, 0.3) is 11.4 Å². The Morgan fingerprint density at radius 2 is 1.77 bits per heavy atom. The van der Waals surface area contributed by atoms with Crippen molar-refractivity contribution in [1.29, 1.82) is 0 Å². The molecule has 1 fully saturated rings. The number of carbonyl (C=O) groups is 3. The van der Waals surface area contributed by atoms with E-state index < -0.39 is 17.7 Å². The summed E-state index contributed by atoms with van der Waals surface area (Å²) in [5, 5.41) is 11.7. The highest BCUT2D eigenvalue weighted by Gasteiger charge is 2.48. The normalized spacial score (nSPS) is 17.5. The van der Waals surface area contributed by atoms with Gasteiger partial charge in [-0.25, -0.2) is 9.97 Å². The first-order valence-electron chi connectivity index (χ1n) is 10.7. The van der Waals surface area contributed by atoms with Crippen LogP contribution in [0.15, 0.2) is 58.7 Å². The number of Topliss-reactive ketones (excluding diaryl/α,β-unsaturated/α-hetero) is 2. The summed E-state index contributed by atoms with van der Waals surface area (Å²) in [4.78, 5) is 49.4. The number of ketones is 2. The van der Waals surface area contributed by atoms with Crippen molar-refractivity contribution >= 4 is 61.3 Å². The zero-order chi connectivity index (χ0) is 25.0. The molecule has 0 aliphatic carbocycles. The highest BCUT2D eigenvalue weighted by atomic mass is 79.9. The van der Waals surface area contributed by atoms with Gasteiger partial charge in [0.05, 0.1) is 27.9 Å². The van der Waals surface area contributed by atoms with Crippen molar-refractivity contribution in [3.63, 3.8) is 0 Å².